The number of aromatic hydroxyl groups is 1. The molecule has 0 aliphatic heterocycles. The van der Waals surface area contributed by atoms with Crippen LogP contribution in [0.1, 0.15) is 5.56 Å². The first kappa shape index (κ1) is 11.7. The lowest BCUT2D eigenvalue weighted by Crippen LogP contribution is -1.97. The Hall–Kier alpha value is -2.80. The van der Waals surface area contributed by atoms with Crippen molar-refractivity contribution in [3.05, 3.63) is 47.5 Å². The summed E-state index contributed by atoms with van der Waals surface area (Å²) in [6.45, 7) is 0. The smallest absolute Gasteiger partial charge is 0.346 e. The maximum atomic E-state index is 10.8. The van der Waals surface area contributed by atoms with E-state index in [0.717, 1.165) is 0 Å². The molecule has 0 heterocycles. The van der Waals surface area contributed by atoms with Crippen LogP contribution >= 0.6 is 0 Å². The molecule has 18 heavy (non-hydrogen) atoms. The predicted octanol–water partition coefficient (Wildman–Crippen LogP) is 2.54. The van der Waals surface area contributed by atoms with E-state index in [9.17, 15) is 9.90 Å². The van der Waals surface area contributed by atoms with Crippen LogP contribution in [0.5, 0.6) is 5.75 Å². The minimum atomic E-state index is -1.27. The molecule has 0 saturated carbocycles. The summed E-state index contributed by atoms with van der Waals surface area (Å²) in [5.41, 5.74) is 0.244. The summed E-state index contributed by atoms with van der Waals surface area (Å²) in [5, 5.41) is 28.6. The van der Waals surface area contributed by atoms with E-state index in [0.29, 0.717) is 16.3 Å². The predicted molar refractivity (Wildman–Crippen MR) is 66.8 cm³/mol. The summed E-state index contributed by atoms with van der Waals surface area (Å²) in [7, 11) is 0. The maximum absolute atomic E-state index is 10.8. The molecule has 4 heteroatoms. The van der Waals surface area contributed by atoms with E-state index in [1.807, 2.05) is 0 Å². The number of nitriles is 1. The molecule has 0 aromatic heterocycles. The number of phenols is 1. The van der Waals surface area contributed by atoms with Crippen LogP contribution in [0.15, 0.2) is 42.0 Å². The van der Waals surface area contributed by atoms with Gasteiger partial charge in [-0.25, -0.2) is 4.79 Å². The van der Waals surface area contributed by atoms with Crippen LogP contribution in [0.4, 0.5) is 0 Å². The first-order valence-corrected chi connectivity index (χ1v) is 5.19. The van der Waals surface area contributed by atoms with Gasteiger partial charge < -0.3 is 10.2 Å². The monoisotopic (exact) mass is 239 g/mol. The van der Waals surface area contributed by atoms with Crippen molar-refractivity contribution in [1.82, 2.24) is 0 Å². The Morgan fingerprint density at radius 2 is 1.83 bits per heavy atom. The summed E-state index contributed by atoms with van der Waals surface area (Å²) in [6.07, 6.45) is 1.30. The molecule has 0 bridgehead atoms. The molecule has 2 aromatic carbocycles. The van der Waals surface area contributed by atoms with Crippen molar-refractivity contribution in [3.8, 4) is 11.8 Å². The van der Waals surface area contributed by atoms with Gasteiger partial charge in [0.25, 0.3) is 0 Å². The Labute approximate surface area is 103 Å². The molecule has 2 N–H and O–H groups in total. The topological polar surface area (TPSA) is 81.3 Å². The molecule has 0 fully saturated rings. The Morgan fingerprint density at radius 3 is 2.44 bits per heavy atom. The van der Waals surface area contributed by atoms with Gasteiger partial charge in [0.05, 0.1) is 0 Å². The van der Waals surface area contributed by atoms with Crippen LogP contribution in [-0.2, 0) is 4.79 Å². The van der Waals surface area contributed by atoms with E-state index in [2.05, 4.69) is 0 Å². The largest absolute Gasteiger partial charge is 0.507 e. The minimum Gasteiger partial charge on any atom is -0.507 e. The summed E-state index contributed by atoms with van der Waals surface area (Å²) in [6, 6.07) is 11.7. The molecule has 0 saturated heterocycles. The van der Waals surface area contributed by atoms with Crippen molar-refractivity contribution in [2.75, 3.05) is 0 Å². The number of phenolic OH excluding ortho intramolecular Hbond substituents is 1. The number of aliphatic carboxylic acids is 1. The Kier molecular flexibility index (Phi) is 2.98. The van der Waals surface area contributed by atoms with Crippen molar-refractivity contribution < 1.29 is 15.0 Å². The van der Waals surface area contributed by atoms with Gasteiger partial charge in [-0.1, -0.05) is 30.3 Å². The van der Waals surface area contributed by atoms with E-state index in [1.54, 1.807) is 36.4 Å². The number of carboxylic acids is 1. The van der Waals surface area contributed by atoms with E-state index >= 15 is 0 Å². The lowest BCUT2D eigenvalue weighted by molar-refractivity contribution is -0.132. The first-order valence-electron chi connectivity index (χ1n) is 5.19. The highest BCUT2D eigenvalue weighted by molar-refractivity contribution is 6.01. The Balaban J connectivity index is 2.71. The normalized spacial score (nSPS) is 11.2. The summed E-state index contributed by atoms with van der Waals surface area (Å²) in [4.78, 5) is 10.8. The van der Waals surface area contributed by atoms with Crippen LogP contribution in [0.3, 0.4) is 0 Å². The molecule has 2 aromatic rings. The zero-order valence-electron chi connectivity index (χ0n) is 9.29. The van der Waals surface area contributed by atoms with Crippen LogP contribution < -0.4 is 0 Å². The Morgan fingerprint density at radius 1 is 1.17 bits per heavy atom. The second-order valence-corrected chi connectivity index (χ2v) is 3.69. The number of benzene rings is 2. The van der Waals surface area contributed by atoms with Crippen LogP contribution in [0.25, 0.3) is 16.8 Å². The molecule has 0 aliphatic rings. The highest BCUT2D eigenvalue weighted by atomic mass is 16.4. The molecular formula is C14H9NO3. The number of nitrogens with zero attached hydrogens (tertiary/aromatic N) is 1. The van der Waals surface area contributed by atoms with Crippen LogP contribution in [-0.4, -0.2) is 16.2 Å². The average Bonchev–Trinajstić information content (AvgIpc) is 2.38. The fourth-order valence-electron chi connectivity index (χ4n) is 1.73. The van der Waals surface area contributed by atoms with Gasteiger partial charge in [0.15, 0.2) is 0 Å². The number of carboxylic acid groups (broad SMARTS) is 1. The quantitative estimate of drug-likeness (QED) is 0.623. The fraction of sp³-hybridized carbons (Fsp3) is 0. The molecule has 88 valence electrons. The number of rotatable bonds is 2. The highest BCUT2D eigenvalue weighted by Crippen LogP contribution is 2.28. The van der Waals surface area contributed by atoms with Crippen molar-refractivity contribution >= 4 is 22.8 Å². The molecule has 0 unspecified atom stereocenters. The zero-order valence-corrected chi connectivity index (χ0v) is 9.29. The molecular weight excluding hydrogens is 230 g/mol. The number of carbonyl (C=O) groups is 1. The van der Waals surface area contributed by atoms with Gasteiger partial charge >= 0.3 is 5.97 Å². The van der Waals surface area contributed by atoms with Crippen molar-refractivity contribution in [1.29, 1.82) is 5.26 Å². The van der Waals surface area contributed by atoms with Crippen molar-refractivity contribution in [3.63, 3.8) is 0 Å². The molecule has 4 nitrogen and oxygen atoms in total. The number of hydrogen-bond donors (Lipinski definition) is 2. The number of hydrogen-bond acceptors (Lipinski definition) is 3. The maximum Gasteiger partial charge on any atom is 0.346 e. The summed E-state index contributed by atoms with van der Waals surface area (Å²) >= 11 is 0. The van der Waals surface area contributed by atoms with Crippen LogP contribution in [0.2, 0.25) is 0 Å². The zero-order chi connectivity index (χ0) is 13.1. The van der Waals surface area contributed by atoms with Gasteiger partial charge in [0.1, 0.15) is 17.4 Å². The lowest BCUT2D eigenvalue weighted by atomic mass is 10.0. The lowest BCUT2D eigenvalue weighted by Gasteiger charge is -2.04. The Bertz CT molecular complexity index is 696. The van der Waals surface area contributed by atoms with Crippen molar-refractivity contribution in [2.45, 2.75) is 0 Å². The first-order chi connectivity index (χ1) is 8.63. The SMILES string of the molecule is N#C/C(=C\c1ccc(O)c2ccccc12)C(=O)O. The van der Waals surface area contributed by atoms with Gasteiger partial charge in [-0.2, -0.15) is 5.26 Å². The second kappa shape index (κ2) is 4.60. The molecule has 0 aliphatic carbocycles. The van der Waals surface area contributed by atoms with E-state index < -0.39 is 5.97 Å². The van der Waals surface area contributed by atoms with Gasteiger partial charge in [-0.05, 0) is 23.1 Å². The minimum absolute atomic E-state index is 0.122. The second-order valence-electron chi connectivity index (χ2n) is 3.69. The third-order valence-electron chi connectivity index (χ3n) is 2.59. The highest BCUT2D eigenvalue weighted by Gasteiger charge is 2.08. The third kappa shape index (κ3) is 2.02. The van der Waals surface area contributed by atoms with Crippen LogP contribution in [0, 0.1) is 11.3 Å². The standard InChI is InChI=1S/C14H9NO3/c15-8-10(14(17)18)7-9-5-6-13(16)12-4-2-1-3-11(9)12/h1-7,16H,(H,17,18)/b10-7+. The molecule has 0 amide bonds. The van der Waals surface area contributed by atoms with Gasteiger partial charge in [-0.3, -0.25) is 0 Å². The van der Waals surface area contributed by atoms with Gasteiger partial charge in [-0.15, -0.1) is 0 Å². The van der Waals surface area contributed by atoms with E-state index in [-0.39, 0.29) is 11.3 Å². The molecule has 0 spiro atoms. The van der Waals surface area contributed by atoms with Crippen molar-refractivity contribution in [2.24, 2.45) is 0 Å². The fourth-order valence-corrected chi connectivity index (χ4v) is 1.73. The van der Waals surface area contributed by atoms with Gasteiger partial charge in [0, 0.05) is 5.39 Å². The molecule has 2 rings (SSSR count). The van der Waals surface area contributed by atoms with E-state index in [4.69, 9.17) is 10.4 Å². The molecule has 0 radical (unpaired) electrons. The van der Waals surface area contributed by atoms with Gasteiger partial charge in [0.2, 0.25) is 0 Å². The molecule has 0 atom stereocenters. The number of fused-ring (bicyclic) bond motifs is 1. The summed E-state index contributed by atoms with van der Waals surface area (Å²) < 4.78 is 0. The summed E-state index contributed by atoms with van der Waals surface area (Å²) in [5.74, 6) is -1.15. The third-order valence-corrected chi connectivity index (χ3v) is 2.59. The average molecular weight is 239 g/mol. The van der Waals surface area contributed by atoms with E-state index in [1.165, 1.54) is 12.1 Å².